The van der Waals surface area contributed by atoms with Crippen molar-refractivity contribution in [2.24, 2.45) is 17.6 Å². The molecule has 1 aliphatic rings. The van der Waals surface area contributed by atoms with Gasteiger partial charge in [0.2, 0.25) is 0 Å². The van der Waals surface area contributed by atoms with Crippen molar-refractivity contribution in [1.29, 1.82) is 0 Å². The van der Waals surface area contributed by atoms with Crippen molar-refractivity contribution < 1.29 is 4.74 Å². The van der Waals surface area contributed by atoms with Gasteiger partial charge in [0.15, 0.2) is 0 Å². The molecule has 2 N–H and O–H groups in total. The van der Waals surface area contributed by atoms with E-state index in [2.05, 4.69) is 18.7 Å². The molecule has 90 valence electrons. The van der Waals surface area contributed by atoms with Gasteiger partial charge < -0.3 is 10.5 Å². The van der Waals surface area contributed by atoms with Crippen LogP contribution >= 0.6 is 0 Å². The Morgan fingerprint density at radius 2 is 2.13 bits per heavy atom. The van der Waals surface area contributed by atoms with Crippen LogP contribution in [0.1, 0.15) is 26.7 Å². The Balaban J connectivity index is 2.43. The van der Waals surface area contributed by atoms with Gasteiger partial charge in [-0.05, 0) is 31.2 Å². The Kier molecular flexibility index (Phi) is 5.58. The third kappa shape index (κ3) is 4.09. The zero-order valence-corrected chi connectivity index (χ0v) is 10.4. The molecule has 0 bridgehead atoms. The number of hydrogen-bond acceptors (Lipinski definition) is 3. The van der Waals surface area contributed by atoms with E-state index in [0.29, 0.717) is 12.0 Å². The molecule has 0 heterocycles. The van der Waals surface area contributed by atoms with Crippen LogP contribution in [0, 0.1) is 11.8 Å². The van der Waals surface area contributed by atoms with Crippen LogP contribution in [0.2, 0.25) is 0 Å². The lowest BCUT2D eigenvalue weighted by atomic mass is 10.0. The van der Waals surface area contributed by atoms with Crippen LogP contribution in [0.25, 0.3) is 0 Å². The molecule has 3 heteroatoms. The van der Waals surface area contributed by atoms with Gasteiger partial charge in [-0.1, -0.05) is 13.8 Å². The SMILES string of the molecule is CCN(CC1CC1)C(CN)C(C)COC. The number of likely N-dealkylation sites (N-methyl/N-ethyl adjacent to an activating group) is 1. The van der Waals surface area contributed by atoms with Crippen molar-refractivity contribution >= 4 is 0 Å². The lowest BCUT2D eigenvalue weighted by Crippen LogP contribution is -2.46. The van der Waals surface area contributed by atoms with Gasteiger partial charge in [0.1, 0.15) is 0 Å². The van der Waals surface area contributed by atoms with Gasteiger partial charge >= 0.3 is 0 Å². The third-order valence-electron chi connectivity index (χ3n) is 3.39. The lowest BCUT2D eigenvalue weighted by molar-refractivity contribution is 0.0852. The minimum absolute atomic E-state index is 0.482. The molecule has 0 aliphatic heterocycles. The molecule has 1 aliphatic carbocycles. The van der Waals surface area contributed by atoms with E-state index in [1.54, 1.807) is 7.11 Å². The minimum atomic E-state index is 0.482. The Morgan fingerprint density at radius 1 is 1.47 bits per heavy atom. The number of ether oxygens (including phenoxy) is 1. The summed E-state index contributed by atoms with van der Waals surface area (Å²) in [6.07, 6.45) is 2.82. The number of rotatable bonds is 8. The van der Waals surface area contributed by atoms with E-state index in [9.17, 15) is 0 Å². The van der Waals surface area contributed by atoms with Gasteiger partial charge in [-0.15, -0.1) is 0 Å². The topological polar surface area (TPSA) is 38.5 Å². The van der Waals surface area contributed by atoms with Gasteiger partial charge in [0.25, 0.3) is 0 Å². The molecule has 0 aromatic rings. The largest absolute Gasteiger partial charge is 0.384 e. The first-order valence-corrected chi connectivity index (χ1v) is 6.15. The number of nitrogens with two attached hydrogens (primary N) is 1. The highest BCUT2D eigenvalue weighted by molar-refractivity contribution is 4.83. The maximum absolute atomic E-state index is 5.88. The second-order valence-corrected chi connectivity index (χ2v) is 4.77. The molecule has 0 radical (unpaired) electrons. The average Bonchev–Trinajstić information content (AvgIpc) is 3.01. The van der Waals surface area contributed by atoms with Crippen molar-refractivity contribution in [1.82, 2.24) is 4.90 Å². The first-order chi connectivity index (χ1) is 7.22. The summed E-state index contributed by atoms with van der Waals surface area (Å²) in [4.78, 5) is 2.53. The summed E-state index contributed by atoms with van der Waals surface area (Å²) in [5.74, 6) is 1.47. The van der Waals surface area contributed by atoms with Crippen molar-refractivity contribution in [3.8, 4) is 0 Å². The normalized spacial score (nSPS) is 20.6. The van der Waals surface area contributed by atoms with E-state index < -0.39 is 0 Å². The quantitative estimate of drug-likeness (QED) is 0.662. The van der Waals surface area contributed by atoms with E-state index in [1.807, 2.05) is 0 Å². The van der Waals surface area contributed by atoms with Gasteiger partial charge in [0.05, 0.1) is 6.61 Å². The monoisotopic (exact) mass is 214 g/mol. The molecule has 1 rings (SSSR count). The van der Waals surface area contributed by atoms with Gasteiger partial charge in [-0.2, -0.15) is 0 Å². The fourth-order valence-electron chi connectivity index (χ4n) is 2.25. The molecule has 0 aromatic carbocycles. The molecule has 2 unspecified atom stereocenters. The molecule has 0 spiro atoms. The smallest absolute Gasteiger partial charge is 0.0503 e. The van der Waals surface area contributed by atoms with Crippen LogP contribution in [-0.2, 0) is 4.74 Å². The molecule has 0 aromatic heterocycles. The van der Waals surface area contributed by atoms with E-state index >= 15 is 0 Å². The van der Waals surface area contributed by atoms with Crippen molar-refractivity contribution in [3.63, 3.8) is 0 Å². The minimum Gasteiger partial charge on any atom is -0.384 e. The van der Waals surface area contributed by atoms with Crippen LogP contribution in [-0.4, -0.2) is 44.3 Å². The summed E-state index contributed by atoms with van der Waals surface area (Å²) < 4.78 is 5.22. The van der Waals surface area contributed by atoms with Crippen LogP contribution in [0.15, 0.2) is 0 Å². The van der Waals surface area contributed by atoms with Crippen molar-refractivity contribution in [2.45, 2.75) is 32.7 Å². The molecule has 15 heavy (non-hydrogen) atoms. The lowest BCUT2D eigenvalue weighted by Gasteiger charge is -2.34. The van der Waals surface area contributed by atoms with E-state index in [1.165, 1.54) is 19.4 Å². The summed E-state index contributed by atoms with van der Waals surface area (Å²) in [6.45, 7) is 8.34. The summed E-state index contributed by atoms with van der Waals surface area (Å²) in [6, 6.07) is 0.482. The Morgan fingerprint density at radius 3 is 2.53 bits per heavy atom. The average molecular weight is 214 g/mol. The number of methoxy groups -OCH3 is 1. The maximum atomic E-state index is 5.88. The van der Waals surface area contributed by atoms with Gasteiger partial charge in [-0.3, -0.25) is 4.90 Å². The van der Waals surface area contributed by atoms with Gasteiger partial charge in [0, 0.05) is 26.2 Å². The van der Waals surface area contributed by atoms with Crippen LogP contribution < -0.4 is 5.73 Å². The fourth-order valence-corrected chi connectivity index (χ4v) is 2.25. The van der Waals surface area contributed by atoms with Crippen LogP contribution in [0.5, 0.6) is 0 Å². The predicted octanol–water partition coefficient (Wildman–Crippen LogP) is 1.33. The van der Waals surface area contributed by atoms with E-state index in [4.69, 9.17) is 10.5 Å². The Hall–Kier alpha value is -0.120. The first-order valence-electron chi connectivity index (χ1n) is 6.15. The zero-order valence-electron chi connectivity index (χ0n) is 10.4. The van der Waals surface area contributed by atoms with Crippen LogP contribution in [0.4, 0.5) is 0 Å². The summed E-state index contributed by atoms with van der Waals surface area (Å²) in [5.41, 5.74) is 5.88. The highest BCUT2D eigenvalue weighted by atomic mass is 16.5. The summed E-state index contributed by atoms with van der Waals surface area (Å²) in [7, 11) is 1.77. The molecule has 3 nitrogen and oxygen atoms in total. The highest BCUT2D eigenvalue weighted by Gasteiger charge is 2.29. The zero-order chi connectivity index (χ0) is 11.3. The summed E-state index contributed by atoms with van der Waals surface area (Å²) >= 11 is 0. The first kappa shape index (κ1) is 12.9. The molecule has 0 amide bonds. The Labute approximate surface area is 94.0 Å². The molecular weight excluding hydrogens is 188 g/mol. The molecule has 2 atom stereocenters. The van der Waals surface area contributed by atoms with Crippen molar-refractivity contribution in [3.05, 3.63) is 0 Å². The van der Waals surface area contributed by atoms with Gasteiger partial charge in [-0.25, -0.2) is 0 Å². The number of hydrogen-bond donors (Lipinski definition) is 1. The highest BCUT2D eigenvalue weighted by Crippen LogP contribution is 2.30. The third-order valence-corrected chi connectivity index (χ3v) is 3.39. The molecule has 1 saturated carbocycles. The van der Waals surface area contributed by atoms with Crippen LogP contribution in [0.3, 0.4) is 0 Å². The standard InChI is InChI=1S/C12H26N2O/c1-4-14(8-11-5-6-11)12(7-13)10(2)9-15-3/h10-12H,4-9,13H2,1-3H3. The molecular formula is C12H26N2O. The number of nitrogens with zero attached hydrogens (tertiary/aromatic N) is 1. The molecule has 1 fully saturated rings. The van der Waals surface area contributed by atoms with E-state index in [-0.39, 0.29) is 0 Å². The summed E-state index contributed by atoms with van der Waals surface area (Å²) in [5, 5.41) is 0. The second kappa shape index (κ2) is 6.46. The van der Waals surface area contributed by atoms with E-state index in [0.717, 1.165) is 25.6 Å². The predicted molar refractivity (Wildman–Crippen MR) is 63.9 cm³/mol. The van der Waals surface area contributed by atoms with Crippen molar-refractivity contribution in [2.75, 3.05) is 33.4 Å². The fraction of sp³-hybridized carbons (Fsp3) is 1.00. The second-order valence-electron chi connectivity index (χ2n) is 4.77. The Bertz CT molecular complexity index is 171. The maximum Gasteiger partial charge on any atom is 0.0503 e. The molecule has 0 saturated heterocycles.